The summed E-state index contributed by atoms with van der Waals surface area (Å²) in [6.07, 6.45) is 5.65. The van der Waals surface area contributed by atoms with Crippen molar-refractivity contribution in [3.05, 3.63) is 18.0 Å². The van der Waals surface area contributed by atoms with Crippen molar-refractivity contribution >= 4 is 16.7 Å². The fourth-order valence-electron chi connectivity index (χ4n) is 2.27. The van der Waals surface area contributed by atoms with Crippen molar-refractivity contribution in [2.24, 2.45) is 0 Å². The van der Waals surface area contributed by atoms with E-state index in [4.69, 9.17) is 10.5 Å². The molecule has 1 fully saturated rings. The summed E-state index contributed by atoms with van der Waals surface area (Å²) < 4.78 is 5.35. The van der Waals surface area contributed by atoms with Crippen LogP contribution in [-0.2, 0) is 4.74 Å². The Kier molecular flexibility index (Phi) is 2.25. The molecule has 0 spiro atoms. The molecule has 0 atom stereocenters. The molecule has 0 saturated carbocycles. The average molecular weight is 218 g/mol. The lowest BCUT2D eigenvalue weighted by atomic mass is 9.91. The molecule has 0 aromatic carbocycles. The van der Waals surface area contributed by atoms with Crippen LogP contribution in [0.1, 0.15) is 24.3 Å². The third-order valence-corrected chi connectivity index (χ3v) is 3.21. The van der Waals surface area contributed by atoms with E-state index >= 15 is 0 Å². The number of hydrogen-bond acceptors (Lipinski definition) is 4. The highest BCUT2D eigenvalue weighted by atomic mass is 16.5. The lowest BCUT2D eigenvalue weighted by Crippen LogP contribution is -2.15. The molecule has 3 rings (SSSR count). The second-order valence-corrected chi connectivity index (χ2v) is 4.15. The molecule has 84 valence electrons. The van der Waals surface area contributed by atoms with Crippen molar-refractivity contribution in [3.63, 3.8) is 0 Å². The Morgan fingerprint density at radius 3 is 2.94 bits per heavy atom. The number of nitrogen functional groups attached to an aromatic ring is 1. The van der Waals surface area contributed by atoms with Crippen molar-refractivity contribution < 1.29 is 4.74 Å². The number of rotatable bonds is 1. The number of H-pyrrole nitrogens is 1. The molecule has 1 aliphatic rings. The van der Waals surface area contributed by atoms with Gasteiger partial charge in [-0.05, 0) is 24.3 Å². The molecule has 1 saturated heterocycles. The number of nitrogens with zero attached hydrogens (tertiary/aromatic N) is 2. The Balaban J connectivity index is 2.05. The third kappa shape index (κ3) is 1.44. The first-order valence-corrected chi connectivity index (χ1v) is 5.51. The average Bonchev–Trinajstić information content (AvgIpc) is 2.80. The smallest absolute Gasteiger partial charge is 0.157 e. The van der Waals surface area contributed by atoms with Crippen LogP contribution in [0.5, 0.6) is 0 Å². The van der Waals surface area contributed by atoms with Crippen molar-refractivity contribution in [2.75, 3.05) is 18.9 Å². The number of aromatic nitrogens is 3. The van der Waals surface area contributed by atoms with E-state index < -0.39 is 0 Å². The van der Waals surface area contributed by atoms with Gasteiger partial charge in [0, 0.05) is 25.1 Å². The van der Waals surface area contributed by atoms with Crippen molar-refractivity contribution in [2.45, 2.75) is 18.8 Å². The highest BCUT2D eigenvalue weighted by molar-refractivity contribution is 5.88. The summed E-state index contributed by atoms with van der Waals surface area (Å²) in [4.78, 5) is 4.34. The molecule has 0 amide bonds. The maximum absolute atomic E-state index is 6.15. The maximum atomic E-state index is 6.15. The van der Waals surface area contributed by atoms with Crippen molar-refractivity contribution in [1.82, 2.24) is 15.2 Å². The predicted octanol–water partition coefficient (Wildman–Crippen LogP) is 1.43. The highest BCUT2D eigenvalue weighted by Gasteiger charge is 2.20. The van der Waals surface area contributed by atoms with E-state index in [1.807, 2.05) is 6.20 Å². The standard InChI is InChI=1S/C11H14N4O/c12-10-8(7-1-3-16-4-2-7)5-13-11-9(10)6-14-15-11/h5-7H,1-4H2,(H3,12,13,14,15). The van der Waals surface area contributed by atoms with Gasteiger partial charge in [0.15, 0.2) is 5.65 Å². The number of ether oxygens (including phenoxy) is 1. The van der Waals surface area contributed by atoms with Crippen LogP contribution in [0.15, 0.2) is 12.4 Å². The minimum atomic E-state index is 0.473. The Hall–Kier alpha value is -1.62. The van der Waals surface area contributed by atoms with Gasteiger partial charge < -0.3 is 10.5 Å². The van der Waals surface area contributed by atoms with Crippen molar-refractivity contribution in [3.8, 4) is 0 Å². The van der Waals surface area contributed by atoms with Gasteiger partial charge >= 0.3 is 0 Å². The summed E-state index contributed by atoms with van der Waals surface area (Å²) in [5.41, 5.74) is 8.86. The van der Waals surface area contributed by atoms with E-state index in [0.717, 1.165) is 48.3 Å². The van der Waals surface area contributed by atoms with Gasteiger partial charge in [-0.15, -0.1) is 0 Å². The topological polar surface area (TPSA) is 76.8 Å². The number of nitrogens with one attached hydrogen (secondary N) is 1. The van der Waals surface area contributed by atoms with Gasteiger partial charge in [0.2, 0.25) is 0 Å². The van der Waals surface area contributed by atoms with Gasteiger partial charge in [0.25, 0.3) is 0 Å². The van der Waals surface area contributed by atoms with Crippen LogP contribution in [0, 0.1) is 0 Å². The van der Waals surface area contributed by atoms with Gasteiger partial charge in [-0.3, -0.25) is 5.10 Å². The molecule has 16 heavy (non-hydrogen) atoms. The van der Waals surface area contributed by atoms with Crippen LogP contribution in [-0.4, -0.2) is 28.4 Å². The first-order chi connectivity index (χ1) is 7.86. The molecule has 1 aliphatic heterocycles. The SMILES string of the molecule is Nc1c(C2CCOCC2)cnc2[nH]ncc12. The number of aromatic amines is 1. The van der Waals surface area contributed by atoms with Crippen molar-refractivity contribution in [1.29, 1.82) is 0 Å². The van der Waals surface area contributed by atoms with Gasteiger partial charge in [0.05, 0.1) is 11.6 Å². The summed E-state index contributed by atoms with van der Waals surface area (Å²) >= 11 is 0. The first-order valence-electron chi connectivity index (χ1n) is 5.51. The van der Waals surface area contributed by atoms with Gasteiger partial charge in [-0.25, -0.2) is 4.98 Å². The van der Waals surface area contributed by atoms with Crippen LogP contribution in [0.2, 0.25) is 0 Å². The molecule has 3 N–H and O–H groups in total. The van der Waals surface area contributed by atoms with Gasteiger partial charge in [0.1, 0.15) is 0 Å². The van der Waals surface area contributed by atoms with E-state index in [1.165, 1.54) is 0 Å². The van der Waals surface area contributed by atoms with Crippen LogP contribution < -0.4 is 5.73 Å². The van der Waals surface area contributed by atoms with Crippen LogP contribution in [0.4, 0.5) is 5.69 Å². The first kappa shape index (κ1) is 9.59. The Bertz CT molecular complexity index is 502. The van der Waals surface area contributed by atoms with E-state index in [2.05, 4.69) is 15.2 Å². The van der Waals surface area contributed by atoms with Crippen LogP contribution in [0.25, 0.3) is 11.0 Å². The molecule has 0 unspecified atom stereocenters. The lowest BCUT2D eigenvalue weighted by Gasteiger charge is -2.23. The van der Waals surface area contributed by atoms with E-state index in [0.29, 0.717) is 5.92 Å². The summed E-state index contributed by atoms with van der Waals surface area (Å²) in [6, 6.07) is 0. The number of pyridine rings is 1. The zero-order chi connectivity index (χ0) is 11.0. The van der Waals surface area contributed by atoms with E-state index in [1.54, 1.807) is 6.20 Å². The van der Waals surface area contributed by atoms with Crippen LogP contribution >= 0.6 is 0 Å². The number of hydrogen-bond donors (Lipinski definition) is 2. The molecular formula is C11H14N4O. The molecule has 0 radical (unpaired) electrons. The molecular weight excluding hydrogens is 204 g/mol. The summed E-state index contributed by atoms with van der Waals surface area (Å²) in [7, 11) is 0. The van der Waals surface area contributed by atoms with E-state index in [9.17, 15) is 0 Å². The van der Waals surface area contributed by atoms with E-state index in [-0.39, 0.29) is 0 Å². The molecule has 0 bridgehead atoms. The predicted molar refractivity (Wildman–Crippen MR) is 61.1 cm³/mol. The van der Waals surface area contributed by atoms with Crippen LogP contribution in [0.3, 0.4) is 0 Å². The monoisotopic (exact) mass is 218 g/mol. The summed E-state index contributed by atoms with van der Waals surface area (Å²) in [5, 5.41) is 7.70. The molecule has 0 aliphatic carbocycles. The Labute approximate surface area is 93.0 Å². The second kappa shape index (κ2) is 3.75. The molecule has 3 heterocycles. The number of fused-ring (bicyclic) bond motifs is 1. The molecule has 2 aromatic rings. The lowest BCUT2D eigenvalue weighted by molar-refractivity contribution is 0.0854. The number of nitrogens with two attached hydrogens (primary N) is 1. The largest absolute Gasteiger partial charge is 0.398 e. The molecule has 5 heteroatoms. The fraction of sp³-hybridized carbons (Fsp3) is 0.455. The molecule has 2 aromatic heterocycles. The van der Waals surface area contributed by atoms with Gasteiger partial charge in [-0.1, -0.05) is 0 Å². The second-order valence-electron chi connectivity index (χ2n) is 4.15. The fourth-order valence-corrected chi connectivity index (χ4v) is 2.27. The quantitative estimate of drug-likeness (QED) is 0.759. The zero-order valence-electron chi connectivity index (χ0n) is 8.94. The zero-order valence-corrected chi connectivity index (χ0v) is 8.94. The normalized spacial score (nSPS) is 18.0. The highest BCUT2D eigenvalue weighted by Crippen LogP contribution is 2.33. The summed E-state index contributed by atoms with van der Waals surface area (Å²) in [6.45, 7) is 1.63. The van der Waals surface area contributed by atoms with Gasteiger partial charge in [-0.2, -0.15) is 5.10 Å². The molecule has 5 nitrogen and oxygen atoms in total. The summed E-state index contributed by atoms with van der Waals surface area (Å²) in [5.74, 6) is 0.473. The Morgan fingerprint density at radius 2 is 2.12 bits per heavy atom. The maximum Gasteiger partial charge on any atom is 0.157 e. The minimum Gasteiger partial charge on any atom is -0.398 e. The minimum absolute atomic E-state index is 0.473. The number of anilines is 1. The Morgan fingerprint density at radius 1 is 1.31 bits per heavy atom. The third-order valence-electron chi connectivity index (χ3n) is 3.21.